The number of hydrogen-bond donors (Lipinski definition) is 2. The van der Waals surface area contributed by atoms with Gasteiger partial charge < -0.3 is 10.3 Å². The Hall–Kier alpha value is -1.82. The van der Waals surface area contributed by atoms with Gasteiger partial charge in [-0.3, -0.25) is 9.78 Å². The Labute approximate surface area is 128 Å². The first-order chi connectivity index (χ1) is 10.2. The van der Waals surface area contributed by atoms with Crippen LogP contribution in [-0.2, 0) is 12.2 Å². The SMILES string of the molecule is CCCc1cc(=O)[nH]c(SCc2cc(NCC)ccn2)n1. The molecule has 0 amide bonds. The molecule has 21 heavy (non-hydrogen) atoms. The van der Waals surface area contributed by atoms with E-state index >= 15 is 0 Å². The van der Waals surface area contributed by atoms with Gasteiger partial charge in [-0.25, -0.2) is 4.98 Å². The number of aryl methyl sites for hydroxylation is 1. The maximum atomic E-state index is 11.6. The quantitative estimate of drug-likeness (QED) is 0.608. The molecular formula is C15H20N4OS. The highest BCUT2D eigenvalue weighted by atomic mass is 32.2. The third-order valence-electron chi connectivity index (χ3n) is 2.83. The molecule has 6 heteroatoms. The first-order valence-electron chi connectivity index (χ1n) is 7.13. The zero-order valence-corrected chi connectivity index (χ0v) is 13.2. The molecule has 2 rings (SSSR count). The monoisotopic (exact) mass is 304 g/mol. The number of thioether (sulfide) groups is 1. The van der Waals surface area contributed by atoms with Crippen LogP contribution >= 0.6 is 11.8 Å². The lowest BCUT2D eigenvalue weighted by Gasteiger charge is -2.06. The van der Waals surface area contributed by atoms with E-state index in [0.29, 0.717) is 10.9 Å². The van der Waals surface area contributed by atoms with Gasteiger partial charge in [-0.1, -0.05) is 25.1 Å². The third-order valence-corrected chi connectivity index (χ3v) is 3.74. The highest BCUT2D eigenvalue weighted by Crippen LogP contribution is 2.19. The smallest absolute Gasteiger partial charge is 0.251 e. The molecule has 2 heterocycles. The van der Waals surface area contributed by atoms with Crippen molar-refractivity contribution in [3.63, 3.8) is 0 Å². The van der Waals surface area contributed by atoms with Crippen molar-refractivity contribution >= 4 is 17.4 Å². The lowest BCUT2D eigenvalue weighted by atomic mass is 10.2. The van der Waals surface area contributed by atoms with Gasteiger partial charge in [0, 0.05) is 35.9 Å². The minimum absolute atomic E-state index is 0.0923. The number of hydrogen-bond acceptors (Lipinski definition) is 5. The second-order valence-electron chi connectivity index (χ2n) is 4.65. The van der Waals surface area contributed by atoms with Crippen LogP contribution in [-0.4, -0.2) is 21.5 Å². The standard InChI is InChI=1S/C15H20N4OS/c1-3-5-12-9-14(20)19-15(18-12)21-10-13-8-11(16-4-2)6-7-17-13/h6-9H,3-5,10H2,1-2H3,(H,16,17)(H,18,19,20). The minimum Gasteiger partial charge on any atom is -0.385 e. The van der Waals surface area contributed by atoms with Gasteiger partial charge in [0.25, 0.3) is 5.56 Å². The summed E-state index contributed by atoms with van der Waals surface area (Å²) in [5.41, 5.74) is 2.77. The van der Waals surface area contributed by atoms with E-state index < -0.39 is 0 Å². The molecule has 2 aromatic rings. The molecule has 0 saturated heterocycles. The molecule has 2 N–H and O–H groups in total. The number of pyridine rings is 1. The van der Waals surface area contributed by atoms with Crippen LogP contribution in [0.3, 0.4) is 0 Å². The maximum Gasteiger partial charge on any atom is 0.251 e. The van der Waals surface area contributed by atoms with E-state index in [9.17, 15) is 4.79 Å². The Kier molecular flexibility index (Phi) is 5.80. The average Bonchev–Trinajstić information content (AvgIpc) is 2.46. The number of nitrogens with zero attached hydrogens (tertiary/aromatic N) is 2. The van der Waals surface area contributed by atoms with Crippen LogP contribution in [0, 0.1) is 0 Å². The Morgan fingerprint density at radius 3 is 2.90 bits per heavy atom. The first-order valence-corrected chi connectivity index (χ1v) is 8.11. The fourth-order valence-electron chi connectivity index (χ4n) is 1.95. The van der Waals surface area contributed by atoms with Gasteiger partial charge in [0.1, 0.15) is 0 Å². The molecule has 112 valence electrons. The highest BCUT2D eigenvalue weighted by Gasteiger charge is 2.04. The second kappa shape index (κ2) is 7.83. The predicted octanol–water partition coefficient (Wildman–Crippen LogP) is 2.84. The molecule has 0 aliphatic rings. The lowest BCUT2D eigenvalue weighted by molar-refractivity contribution is 0.815. The van der Waals surface area contributed by atoms with E-state index in [2.05, 4.69) is 34.1 Å². The molecule has 0 spiro atoms. The van der Waals surface area contributed by atoms with Crippen molar-refractivity contribution in [2.75, 3.05) is 11.9 Å². The zero-order chi connectivity index (χ0) is 15.1. The van der Waals surface area contributed by atoms with Gasteiger partial charge in [-0.2, -0.15) is 0 Å². The van der Waals surface area contributed by atoms with Crippen LogP contribution in [0.25, 0.3) is 0 Å². The van der Waals surface area contributed by atoms with Crippen molar-refractivity contribution in [3.05, 3.63) is 46.1 Å². The molecule has 0 fully saturated rings. The molecular weight excluding hydrogens is 284 g/mol. The normalized spacial score (nSPS) is 10.6. The fraction of sp³-hybridized carbons (Fsp3) is 0.400. The zero-order valence-electron chi connectivity index (χ0n) is 12.3. The van der Waals surface area contributed by atoms with Gasteiger partial charge in [0.05, 0.1) is 5.69 Å². The summed E-state index contributed by atoms with van der Waals surface area (Å²) in [6, 6.07) is 5.53. The van der Waals surface area contributed by atoms with E-state index in [1.54, 1.807) is 12.3 Å². The lowest BCUT2D eigenvalue weighted by Crippen LogP contribution is -2.10. The molecule has 0 atom stereocenters. The van der Waals surface area contributed by atoms with E-state index in [1.165, 1.54) is 11.8 Å². The second-order valence-corrected chi connectivity index (χ2v) is 5.61. The summed E-state index contributed by atoms with van der Waals surface area (Å²) in [4.78, 5) is 23.2. The number of aromatic amines is 1. The summed E-state index contributed by atoms with van der Waals surface area (Å²) in [6.07, 6.45) is 3.59. The molecule has 0 aliphatic carbocycles. The summed E-state index contributed by atoms with van der Waals surface area (Å²) in [5, 5.41) is 3.91. The third kappa shape index (κ3) is 4.90. The van der Waals surface area contributed by atoms with Gasteiger partial charge >= 0.3 is 0 Å². The molecule has 2 aromatic heterocycles. The van der Waals surface area contributed by atoms with Gasteiger partial charge in [-0.05, 0) is 25.5 Å². The van der Waals surface area contributed by atoms with Crippen molar-refractivity contribution in [1.82, 2.24) is 15.0 Å². The molecule has 0 radical (unpaired) electrons. The molecule has 0 aliphatic heterocycles. The van der Waals surface area contributed by atoms with Gasteiger partial charge in [0.2, 0.25) is 0 Å². The number of aromatic nitrogens is 3. The van der Waals surface area contributed by atoms with Crippen molar-refractivity contribution in [2.24, 2.45) is 0 Å². The van der Waals surface area contributed by atoms with Crippen molar-refractivity contribution in [2.45, 2.75) is 37.6 Å². The van der Waals surface area contributed by atoms with E-state index in [1.807, 2.05) is 12.1 Å². The van der Waals surface area contributed by atoms with Crippen LogP contribution < -0.4 is 10.9 Å². The molecule has 0 saturated carbocycles. The number of nitrogens with one attached hydrogen (secondary N) is 2. The van der Waals surface area contributed by atoms with Gasteiger partial charge in [-0.15, -0.1) is 0 Å². The van der Waals surface area contributed by atoms with Crippen molar-refractivity contribution in [1.29, 1.82) is 0 Å². The summed E-state index contributed by atoms with van der Waals surface area (Å²) >= 11 is 1.50. The summed E-state index contributed by atoms with van der Waals surface area (Å²) in [5.74, 6) is 0.678. The first kappa shape index (κ1) is 15.6. The van der Waals surface area contributed by atoms with Crippen LogP contribution in [0.1, 0.15) is 31.7 Å². The van der Waals surface area contributed by atoms with E-state index in [0.717, 1.165) is 36.5 Å². The van der Waals surface area contributed by atoms with Crippen molar-refractivity contribution in [3.8, 4) is 0 Å². The molecule has 0 aromatic carbocycles. The topological polar surface area (TPSA) is 70.7 Å². The number of rotatable bonds is 7. The van der Waals surface area contributed by atoms with Crippen LogP contribution in [0.2, 0.25) is 0 Å². The number of anilines is 1. The van der Waals surface area contributed by atoms with Crippen molar-refractivity contribution < 1.29 is 0 Å². The van der Waals surface area contributed by atoms with Gasteiger partial charge in [0.15, 0.2) is 5.16 Å². The Morgan fingerprint density at radius 1 is 1.29 bits per heavy atom. The maximum absolute atomic E-state index is 11.6. The van der Waals surface area contributed by atoms with E-state index in [-0.39, 0.29) is 5.56 Å². The molecule has 0 unspecified atom stereocenters. The average molecular weight is 304 g/mol. The largest absolute Gasteiger partial charge is 0.385 e. The Morgan fingerprint density at radius 2 is 2.14 bits per heavy atom. The van der Waals surface area contributed by atoms with Crippen LogP contribution in [0.4, 0.5) is 5.69 Å². The van der Waals surface area contributed by atoms with E-state index in [4.69, 9.17) is 0 Å². The summed E-state index contributed by atoms with van der Waals surface area (Å²) in [7, 11) is 0. The minimum atomic E-state index is -0.0923. The molecule has 0 bridgehead atoms. The Bertz CT molecular complexity index is 642. The van der Waals surface area contributed by atoms with Crippen LogP contribution in [0.5, 0.6) is 0 Å². The highest BCUT2D eigenvalue weighted by molar-refractivity contribution is 7.98. The fourth-order valence-corrected chi connectivity index (χ4v) is 2.75. The summed E-state index contributed by atoms with van der Waals surface area (Å²) < 4.78 is 0. The number of H-pyrrole nitrogens is 1. The Balaban J connectivity index is 2.05. The summed E-state index contributed by atoms with van der Waals surface area (Å²) in [6.45, 7) is 5.01. The molecule has 5 nitrogen and oxygen atoms in total. The predicted molar refractivity (Wildman–Crippen MR) is 86.8 cm³/mol. The van der Waals surface area contributed by atoms with Crippen LogP contribution in [0.15, 0.2) is 34.3 Å².